The quantitative estimate of drug-likeness (QED) is 0.720. The Balaban J connectivity index is 1.73. The van der Waals surface area contributed by atoms with E-state index in [9.17, 15) is 4.79 Å². The number of nitrogens with zero attached hydrogens (tertiary/aromatic N) is 2. The van der Waals surface area contributed by atoms with E-state index in [1.54, 1.807) is 11.3 Å². The van der Waals surface area contributed by atoms with E-state index >= 15 is 0 Å². The van der Waals surface area contributed by atoms with Crippen LogP contribution in [0, 0.1) is 0 Å². The van der Waals surface area contributed by atoms with Crippen molar-refractivity contribution in [1.82, 2.24) is 9.88 Å². The number of fused-ring (bicyclic) bond motifs is 1. The van der Waals surface area contributed by atoms with E-state index in [-0.39, 0.29) is 5.91 Å². The number of amides is 1. The van der Waals surface area contributed by atoms with E-state index in [1.807, 2.05) is 41.3 Å². The maximum atomic E-state index is 12.3. The van der Waals surface area contributed by atoms with Crippen LogP contribution in [0.1, 0.15) is 16.8 Å². The molecule has 0 bridgehead atoms. The molecule has 2 aromatic carbocycles. The molecule has 0 saturated carbocycles. The van der Waals surface area contributed by atoms with Crippen LogP contribution in [-0.4, -0.2) is 28.9 Å². The SMILES string of the molecule is O=C(c1ccc2nc(-c3ccccc3)sc2c1)N1CCC1. The zero-order chi connectivity index (χ0) is 14.2. The number of hydrogen-bond acceptors (Lipinski definition) is 3. The van der Waals surface area contributed by atoms with Crippen molar-refractivity contribution in [2.24, 2.45) is 0 Å². The van der Waals surface area contributed by atoms with Gasteiger partial charge in [0.15, 0.2) is 0 Å². The predicted octanol–water partition coefficient (Wildman–Crippen LogP) is 3.81. The molecule has 4 rings (SSSR count). The first-order valence-electron chi connectivity index (χ1n) is 7.06. The topological polar surface area (TPSA) is 33.2 Å². The molecule has 1 amide bonds. The first-order valence-corrected chi connectivity index (χ1v) is 7.88. The van der Waals surface area contributed by atoms with Crippen LogP contribution in [0.25, 0.3) is 20.8 Å². The third-order valence-electron chi connectivity index (χ3n) is 3.80. The lowest BCUT2D eigenvalue weighted by Crippen LogP contribution is -2.41. The van der Waals surface area contributed by atoms with Gasteiger partial charge in [-0.1, -0.05) is 30.3 Å². The minimum absolute atomic E-state index is 0.137. The predicted molar refractivity (Wildman–Crippen MR) is 85.6 cm³/mol. The van der Waals surface area contributed by atoms with Crippen molar-refractivity contribution < 1.29 is 4.79 Å². The van der Waals surface area contributed by atoms with Crippen molar-refractivity contribution >= 4 is 27.5 Å². The Morgan fingerprint density at radius 3 is 2.62 bits per heavy atom. The highest BCUT2D eigenvalue weighted by Crippen LogP contribution is 2.31. The molecular weight excluding hydrogens is 280 g/mol. The number of likely N-dealkylation sites (tertiary alicyclic amines) is 1. The van der Waals surface area contributed by atoms with Crippen LogP contribution < -0.4 is 0 Å². The lowest BCUT2D eigenvalue weighted by molar-refractivity contribution is 0.0652. The van der Waals surface area contributed by atoms with Gasteiger partial charge in [-0.3, -0.25) is 4.79 Å². The fraction of sp³-hybridized carbons (Fsp3) is 0.176. The van der Waals surface area contributed by atoms with Crippen molar-refractivity contribution in [3.63, 3.8) is 0 Å². The van der Waals surface area contributed by atoms with E-state index in [1.165, 1.54) is 0 Å². The summed E-state index contributed by atoms with van der Waals surface area (Å²) in [6.07, 6.45) is 1.12. The zero-order valence-electron chi connectivity index (χ0n) is 11.5. The minimum Gasteiger partial charge on any atom is -0.339 e. The molecule has 2 heterocycles. The van der Waals surface area contributed by atoms with Crippen LogP contribution in [0.4, 0.5) is 0 Å². The largest absolute Gasteiger partial charge is 0.339 e. The smallest absolute Gasteiger partial charge is 0.253 e. The van der Waals surface area contributed by atoms with E-state index in [0.29, 0.717) is 0 Å². The molecule has 4 heteroatoms. The molecule has 3 aromatic rings. The number of rotatable bonds is 2. The summed E-state index contributed by atoms with van der Waals surface area (Å²) in [5, 5.41) is 0.999. The van der Waals surface area contributed by atoms with E-state index in [0.717, 1.165) is 45.9 Å². The van der Waals surface area contributed by atoms with Crippen LogP contribution in [0.15, 0.2) is 48.5 Å². The van der Waals surface area contributed by atoms with Gasteiger partial charge < -0.3 is 4.90 Å². The van der Waals surface area contributed by atoms with E-state index < -0.39 is 0 Å². The summed E-state index contributed by atoms with van der Waals surface area (Å²) in [7, 11) is 0. The Hall–Kier alpha value is -2.20. The fourth-order valence-electron chi connectivity index (χ4n) is 2.46. The average molecular weight is 294 g/mol. The fourth-order valence-corrected chi connectivity index (χ4v) is 3.47. The van der Waals surface area contributed by atoms with Gasteiger partial charge >= 0.3 is 0 Å². The molecular formula is C17H14N2OS. The molecule has 1 aliphatic heterocycles. The highest BCUT2D eigenvalue weighted by molar-refractivity contribution is 7.21. The summed E-state index contributed by atoms with van der Waals surface area (Å²) in [5.74, 6) is 0.137. The Kier molecular flexibility index (Phi) is 2.97. The number of carbonyl (C=O) groups excluding carboxylic acids is 1. The first kappa shape index (κ1) is 12.5. The molecule has 0 unspecified atom stereocenters. The van der Waals surface area contributed by atoms with Crippen LogP contribution in [0.2, 0.25) is 0 Å². The molecule has 0 N–H and O–H groups in total. The Labute approximate surface area is 126 Å². The molecule has 1 fully saturated rings. The van der Waals surface area contributed by atoms with Gasteiger partial charge in [0.05, 0.1) is 10.2 Å². The van der Waals surface area contributed by atoms with Crippen molar-refractivity contribution in [2.45, 2.75) is 6.42 Å². The molecule has 21 heavy (non-hydrogen) atoms. The van der Waals surface area contributed by atoms with Crippen molar-refractivity contribution in [2.75, 3.05) is 13.1 Å². The summed E-state index contributed by atoms with van der Waals surface area (Å²) < 4.78 is 1.07. The summed E-state index contributed by atoms with van der Waals surface area (Å²) in [6, 6.07) is 16.0. The molecule has 3 nitrogen and oxygen atoms in total. The average Bonchev–Trinajstić information content (AvgIpc) is 2.89. The van der Waals surface area contributed by atoms with Crippen molar-refractivity contribution in [1.29, 1.82) is 0 Å². The summed E-state index contributed by atoms with van der Waals surface area (Å²) >= 11 is 1.64. The van der Waals surface area contributed by atoms with E-state index in [4.69, 9.17) is 0 Å². The zero-order valence-corrected chi connectivity index (χ0v) is 12.3. The third kappa shape index (κ3) is 2.21. The molecule has 0 radical (unpaired) electrons. The van der Waals surface area contributed by atoms with Gasteiger partial charge in [0.1, 0.15) is 5.01 Å². The standard InChI is InChI=1S/C17H14N2OS/c20-17(19-9-4-10-19)13-7-8-14-15(11-13)21-16(18-14)12-5-2-1-3-6-12/h1-3,5-8,11H,4,9-10H2. The molecule has 0 atom stereocenters. The lowest BCUT2D eigenvalue weighted by atomic mass is 10.1. The lowest BCUT2D eigenvalue weighted by Gasteiger charge is -2.30. The van der Waals surface area contributed by atoms with E-state index in [2.05, 4.69) is 17.1 Å². The minimum atomic E-state index is 0.137. The highest BCUT2D eigenvalue weighted by Gasteiger charge is 2.22. The number of hydrogen-bond donors (Lipinski definition) is 0. The van der Waals surface area contributed by atoms with Gasteiger partial charge in [-0.25, -0.2) is 4.98 Å². The van der Waals surface area contributed by atoms with Crippen LogP contribution in [0.3, 0.4) is 0 Å². The molecule has 104 valence electrons. The second-order valence-corrected chi connectivity index (χ2v) is 6.24. The van der Waals surface area contributed by atoms with Gasteiger partial charge in [-0.2, -0.15) is 0 Å². The third-order valence-corrected chi connectivity index (χ3v) is 4.87. The Morgan fingerprint density at radius 2 is 1.90 bits per heavy atom. The van der Waals surface area contributed by atoms with Gasteiger partial charge in [-0.05, 0) is 24.6 Å². The Morgan fingerprint density at radius 1 is 1.10 bits per heavy atom. The maximum absolute atomic E-state index is 12.3. The number of thiazole rings is 1. The molecule has 1 aromatic heterocycles. The van der Waals surface area contributed by atoms with Crippen molar-refractivity contribution in [3.8, 4) is 10.6 Å². The van der Waals surface area contributed by atoms with Crippen LogP contribution >= 0.6 is 11.3 Å². The maximum Gasteiger partial charge on any atom is 0.253 e. The normalized spacial score (nSPS) is 14.2. The number of carbonyl (C=O) groups is 1. The summed E-state index contributed by atoms with van der Waals surface area (Å²) in [6.45, 7) is 1.77. The second-order valence-electron chi connectivity index (χ2n) is 5.21. The number of aromatic nitrogens is 1. The molecule has 0 aliphatic carbocycles. The van der Waals surface area contributed by atoms with Crippen molar-refractivity contribution in [3.05, 3.63) is 54.1 Å². The van der Waals surface area contributed by atoms with Gasteiger partial charge in [0, 0.05) is 24.2 Å². The van der Waals surface area contributed by atoms with Gasteiger partial charge in [0.2, 0.25) is 0 Å². The monoisotopic (exact) mass is 294 g/mol. The summed E-state index contributed by atoms with van der Waals surface area (Å²) in [4.78, 5) is 18.8. The molecule has 1 saturated heterocycles. The second kappa shape index (κ2) is 4.97. The van der Waals surface area contributed by atoms with Gasteiger partial charge in [0.25, 0.3) is 5.91 Å². The van der Waals surface area contributed by atoms with Gasteiger partial charge in [-0.15, -0.1) is 11.3 Å². The molecule has 0 spiro atoms. The van der Waals surface area contributed by atoms with Crippen LogP contribution in [0.5, 0.6) is 0 Å². The highest BCUT2D eigenvalue weighted by atomic mass is 32.1. The first-order chi connectivity index (χ1) is 10.3. The Bertz CT molecular complexity index is 806. The van der Waals surface area contributed by atoms with Crippen LogP contribution in [-0.2, 0) is 0 Å². The summed E-state index contributed by atoms with van der Waals surface area (Å²) in [5.41, 5.74) is 2.85. The molecule has 1 aliphatic rings. The number of benzene rings is 2.